The molecule has 3 heterocycles. The highest BCUT2D eigenvalue weighted by atomic mass is 16.4. The van der Waals surface area contributed by atoms with Crippen LogP contribution in [0.5, 0.6) is 0 Å². The Kier molecular flexibility index (Phi) is 3.78. The second-order valence-electron chi connectivity index (χ2n) is 4.68. The van der Waals surface area contributed by atoms with Crippen LogP contribution in [0.4, 0.5) is 11.8 Å². The molecule has 0 amide bonds. The lowest BCUT2D eigenvalue weighted by atomic mass is 10.3. The molecule has 0 bridgehead atoms. The zero-order valence-electron chi connectivity index (χ0n) is 11.3. The number of hydrogen-bond acceptors (Lipinski definition) is 7. The lowest BCUT2D eigenvalue weighted by Gasteiger charge is -2.34. The highest BCUT2D eigenvalue weighted by Crippen LogP contribution is 2.17. The molecule has 7 heteroatoms. The van der Waals surface area contributed by atoms with E-state index in [0.29, 0.717) is 24.9 Å². The number of hydrogen-bond donors (Lipinski definition) is 1. The number of piperazine rings is 1. The summed E-state index contributed by atoms with van der Waals surface area (Å²) in [5, 5.41) is 8.07. The molecule has 106 valence electrons. The van der Waals surface area contributed by atoms with Crippen molar-refractivity contribution in [2.45, 2.75) is 6.42 Å². The van der Waals surface area contributed by atoms with Crippen LogP contribution in [0.3, 0.4) is 0 Å². The fraction of sp³-hybridized carbons (Fsp3) is 0.462. The zero-order valence-corrected chi connectivity index (χ0v) is 11.3. The van der Waals surface area contributed by atoms with Crippen molar-refractivity contribution >= 4 is 11.8 Å². The van der Waals surface area contributed by atoms with Gasteiger partial charge in [0.15, 0.2) is 0 Å². The summed E-state index contributed by atoms with van der Waals surface area (Å²) in [5.41, 5.74) is 5.48. The molecule has 3 rings (SSSR count). The Hall–Kier alpha value is -2.15. The average Bonchev–Trinajstić information content (AvgIpc) is 2.97. The smallest absolute Gasteiger partial charge is 0.318 e. The maximum atomic E-state index is 5.59. The molecular formula is C13H18N6O. The quantitative estimate of drug-likeness (QED) is 0.857. The van der Waals surface area contributed by atoms with E-state index in [0.717, 1.165) is 32.0 Å². The van der Waals surface area contributed by atoms with Crippen molar-refractivity contribution in [3.8, 4) is 0 Å². The van der Waals surface area contributed by atoms with Gasteiger partial charge in [0.25, 0.3) is 0 Å². The van der Waals surface area contributed by atoms with E-state index < -0.39 is 0 Å². The minimum atomic E-state index is 0.523. The van der Waals surface area contributed by atoms with Gasteiger partial charge < -0.3 is 20.0 Å². The molecule has 0 atom stereocenters. The van der Waals surface area contributed by atoms with Gasteiger partial charge in [-0.2, -0.15) is 0 Å². The normalized spacial score (nSPS) is 15.7. The second kappa shape index (κ2) is 5.87. The summed E-state index contributed by atoms with van der Waals surface area (Å²) in [5.74, 6) is 1.62. The number of aromatic nitrogens is 3. The first kappa shape index (κ1) is 12.9. The Morgan fingerprint density at radius 2 is 1.90 bits per heavy atom. The highest BCUT2D eigenvalue weighted by molar-refractivity contribution is 5.41. The Bertz CT molecular complexity index is 535. The molecule has 0 aliphatic carbocycles. The largest absolute Gasteiger partial charge is 0.408 e. The van der Waals surface area contributed by atoms with E-state index in [4.69, 9.17) is 10.2 Å². The summed E-state index contributed by atoms with van der Waals surface area (Å²) in [4.78, 5) is 8.73. The zero-order chi connectivity index (χ0) is 13.8. The standard InChI is InChI=1S/C13H18N6O/c14-5-4-12-16-17-13(20-12)19-9-7-18(8-10-19)11-3-1-2-6-15-11/h1-3,6H,4-5,7-10,14H2. The lowest BCUT2D eigenvalue weighted by Crippen LogP contribution is -2.47. The molecule has 7 nitrogen and oxygen atoms in total. The lowest BCUT2D eigenvalue weighted by molar-refractivity contribution is 0.474. The number of nitrogens with zero attached hydrogens (tertiary/aromatic N) is 5. The molecule has 0 spiro atoms. The van der Waals surface area contributed by atoms with Gasteiger partial charge in [-0.15, -0.1) is 5.10 Å². The van der Waals surface area contributed by atoms with Crippen LogP contribution in [0.15, 0.2) is 28.8 Å². The fourth-order valence-electron chi connectivity index (χ4n) is 2.26. The average molecular weight is 274 g/mol. The maximum Gasteiger partial charge on any atom is 0.318 e. The van der Waals surface area contributed by atoms with Gasteiger partial charge in [-0.1, -0.05) is 11.2 Å². The van der Waals surface area contributed by atoms with E-state index in [-0.39, 0.29) is 0 Å². The molecule has 20 heavy (non-hydrogen) atoms. The molecular weight excluding hydrogens is 256 g/mol. The molecule has 0 unspecified atom stereocenters. The molecule has 2 N–H and O–H groups in total. The SMILES string of the molecule is NCCc1nnc(N2CCN(c3ccccn3)CC2)o1. The van der Waals surface area contributed by atoms with Gasteiger partial charge in [0.1, 0.15) is 5.82 Å². The number of nitrogens with two attached hydrogens (primary N) is 1. The van der Waals surface area contributed by atoms with E-state index >= 15 is 0 Å². The minimum absolute atomic E-state index is 0.523. The van der Waals surface area contributed by atoms with Crippen molar-refractivity contribution < 1.29 is 4.42 Å². The molecule has 1 aliphatic heterocycles. The predicted molar refractivity (Wildman–Crippen MR) is 75.7 cm³/mol. The van der Waals surface area contributed by atoms with Gasteiger partial charge in [-0.05, 0) is 12.1 Å². The van der Waals surface area contributed by atoms with Crippen molar-refractivity contribution in [1.29, 1.82) is 0 Å². The Labute approximate surface area is 117 Å². The van der Waals surface area contributed by atoms with Crippen LogP contribution in [-0.4, -0.2) is 47.9 Å². The summed E-state index contributed by atoms with van der Waals surface area (Å²) in [6.45, 7) is 4.01. The number of pyridine rings is 1. The van der Waals surface area contributed by atoms with Crippen molar-refractivity contribution in [3.63, 3.8) is 0 Å². The van der Waals surface area contributed by atoms with Crippen LogP contribution < -0.4 is 15.5 Å². The first-order valence-electron chi connectivity index (χ1n) is 6.80. The summed E-state index contributed by atoms with van der Waals surface area (Å²) in [6.07, 6.45) is 2.44. The van der Waals surface area contributed by atoms with Gasteiger partial charge in [-0.25, -0.2) is 4.98 Å². The van der Waals surface area contributed by atoms with Crippen molar-refractivity contribution in [3.05, 3.63) is 30.3 Å². The molecule has 1 aliphatic rings. The topological polar surface area (TPSA) is 84.3 Å². The van der Waals surface area contributed by atoms with Crippen molar-refractivity contribution in [2.24, 2.45) is 5.73 Å². The van der Waals surface area contributed by atoms with E-state index in [1.54, 1.807) is 0 Å². The van der Waals surface area contributed by atoms with E-state index in [1.807, 2.05) is 24.4 Å². The van der Waals surface area contributed by atoms with Crippen molar-refractivity contribution in [1.82, 2.24) is 15.2 Å². The molecule has 1 saturated heterocycles. The minimum Gasteiger partial charge on any atom is -0.408 e. The van der Waals surface area contributed by atoms with Gasteiger partial charge in [0, 0.05) is 45.3 Å². The van der Waals surface area contributed by atoms with Gasteiger partial charge in [0.2, 0.25) is 5.89 Å². The van der Waals surface area contributed by atoms with Gasteiger partial charge in [-0.3, -0.25) is 0 Å². The first-order chi connectivity index (χ1) is 9.86. The molecule has 0 radical (unpaired) electrons. The summed E-state index contributed by atoms with van der Waals surface area (Å²) >= 11 is 0. The van der Waals surface area contributed by atoms with Crippen LogP contribution in [0.1, 0.15) is 5.89 Å². The van der Waals surface area contributed by atoms with E-state index in [9.17, 15) is 0 Å². The second-order valence-corrected chi connectivity index (χ2v) is 4.68. The highest BCUT2D eigenvalue weighted by Gasteiger charge is 2.21. The summed E-state index contributed by atoms with van der Waals surface area (Å²) < 4.78 is 5.59. The van der Waals surface area contributed by atoms with Crippen LogP contribution in [0.25, 0.3) is 0 Å². The third-order valence-electron chi connectivity index (χ3n) is 3.34. The molecule has 1 fully saturated rings. The third-order valence-corrected chi connectivity index (χ3v) is 3.34. The molecule has 0 saturated carbocycles. The number of anilines is 2. The summed E-state index contributed by atoms with van der Waals surface area (Å²) in [6, 6.07) is 6.55. The first-order valence-corrected chi connectivity index (χ1v) is 6.80. The molecule has 2 aromatic rings. The Morgan fingerprint density at radius 1 is 1.10 bits per heavy atom. The van der Waals surface area contributed by atoms with Gasteiger partial charge >= 0.3 is 6.01 Å². The maximum absolute atomic E-state index is 5.59. The van der Waals surface area contributed by atoms with Crippen molar-refractivity contribution in [2.75, 3.05) is 42.5 Å². The monoisotopic (exact) mass is 274 g/mol. The van der Waals surface area contributed by atoms with Crippen LogP contribution in [-0.2, 0) is 6.42 Å². The van der Waals surface area contributed by atoms with Crippen LogP contribution >= 0.6 is 0 Å². The van der Waals surface area contributed by atoms with Crippen LogP contribution in [0, 0.1) is 0 Å². The molecule has 0 aromatic carbocycles. The van der Waals surface area contributed by atoms with Gasteiger partial charge in [0.05, 0.1) is 0 Å². The number of rotatable bonds is 4. The molecule has 2 aromatic heterocycles. The predicted octanol–water partition coefficient (Wildman–Crippen LogP) is 0.292. The van der Waals surface area contributed by atoms with E-state index in [2.05, 4.69) is 25.0 Å². The fourth-order valence-corrected chi connectivity index (χ4v) is 2.26. The van der Waals surface area contributed by atoms with Crippen LogP contribution in [0.2, 0.25) is 0 Å². The summed E-state index contributed by atoms with van der Waals surface area (Å²) in [7, 11) is 0. The third kappa shape index (κ3) is 2.72. The van der Waals surface area contributed by atoms with E-state index in [1.165, 1.54) is 0 Å². The Balaban J connectivity index is 1.60. The Morgan fingerprint density at radius 3 is 2.60 bits per heavy atom.